The first kappa shape index (κ1) is 18.7. The topological polar surface area (TPSA) is 74.7 Å². The van der Waals surface area contributed by atoms with Crippen LogP contribution in [0.3, 0.4) is 0 Å². The molecule has 2 aliphatic heterocycles. The highest BCUT2D eigenvalue weighted by atomic mass is 19.1. The van der Waals surface area contributed by atoms with Crippen molar-refractivity contribution in [1.29, 1.82) is 0 Å². The summed E-state index contributed by atoms with van der Waals surface area (Å²) in [5.41, 5.74) is 0.791. The van der Waals surface area contributed by atoms with Crippen LogP contribution in [0.1, 0.15) is 36.1 Å². The van der Waals surface area contributed by atoms with Gasteiger partial charge in [0.25, 0.3) is 0 Å². The number of hydrogen-bond donors (Lipinski definition) is 2. The van der Waals surface area contributed by atoms with E-state index in [9.17, 15) is 14.3 Å². The molecule has 1 aromatic heterocycles. The molecule has 3 heterocycles. The highest BCUT2D eigenvalue weighted by Crippen LogP contribution is 2.41. The van der Waals surface area contributed by atoms with Gasteiger partial charge in [-0.05, 0) is 49.1 Å². The Morgan fingerprint density at radius 1 is 1.36 bits per heavy atom. The maximum absolute atomic E-state index is 14.4. The molecular weight excluding hydrogens is 361 g/mol. The van der Waals surface area contributed by atoms with E-state index in [-0.39, 0.29) is 18.0 Å². The number of benzene rings is 1. The van der Waals surface area contributed by atoms with Gasteiger partial charge in [0, 0.05) is 25.7 Å². The summed E-state index contributed by atoms with van der Waals surface area (Å²) in [4.78, 5) is 19.3. The van der Waals surface area contributed by atoms with Gasteiger partial charge in [-0.2, -0.15) is 0 Å². The summed E-state index contributed by atoms with van der Waals surface area (Å²) in [5, 5.41) is 12.9. The normalized spacial score (nSPS) is 22.3. The molecule has 2 aromatic rings. The molecule has 2 amide bonds. The zero-order valence-corrected chi connectivity index (χ0v) is 15.8. The fraction of sp³-hybridized carbons (Fsp3) is 0.429. The van der Waals surface area contributed by atoms with Crippen LogP contribution < -0.4 is 10.1 Å². The monoisotopic (exact) mass is 385 g/mol. The Hall–Kier alpha value is -2.67. The van der Waals surface area contributed by atoms with Crippen molar-refractivity contribution in [3.05, 3.63) is 59.2 Å². The van der Waals surface area contributed by atoms with Gasteiger partial charge >= 0.3 is 6.03 Å². The Kier molecular flexibility index (Phi) is 4.93. The number of halogens is 1. The molecule has 0 radical (unpaired) electrons. The maximum Gasteiger partial charge on any atom is 0.318 e. The molecule has 0 unspecified atom stereocenters. The molecule has 0 bridgehead atoms. The summed E-state index contributed by atoms with van der Waals surface area (Å²) in [7, 11) is 0. The summed E-state index contributed by atoms with van der Waals surface area (Å²) in [6.07, 6.45) is 2.84. The van der Waals surface area contributed by atoms with E-state index in [0.29, 0.717) is 61.5 Å². The van der Waals surface area contributed by atoms with E-state index in [1.54, 1.807) is 30.2 Å². The Morgan fingerprint density at radius 3 is 2.89 bits per heavy atom. The van der Waals surface area contributed by atoms with Gasteiger partial charge in [0.15, 0.2) is 0 Å². The number of aromatic nitrogens is 1. The van der Waals surface area contributed by atoms with Crippen LogP contribution in [0.25, 0.3) is 0 Å². The standard InChI is InChI=1S/C21H24FN3O3/c1-14-4-5-15(13-17(14)22)21(8-12-28-18-3-2-9-23-19(18)21)24-20(27)25-10-6-16(26)7-11-25/h2-5,9,13,16,26H,6-8,10-12H2,1H3,(H,24,27)/t21-/m0/s1. The van der Waals surface area contributed by atoms with Crippen molar-refractivity contribution < 1.29 is 19.0 Å². The Bertz CT molecular complexity index is 883. The highest BCUT2D eigenvalue weighted by molar-refractivity contribution is 5.76. The average molecular weight is 385 g/mol. The van der Waals surface area contributed by atoms with Crippen molar-refractivity contribution in [2.45, 2.75) is 37.8 Å². The SMILES string of the molecule is Cc1ccc([C@@]2(NC(=O)N3CCC(O)CC3)CCOc3cccnc32)cc1F. The molecular formula is C21H24FN3O3. The van der Waals surface area contributed by atoms with Gasteiger partial charge < -0.3 is 20.1 Å². The van der Waals surface area contributed by atoms with Crippen molar-refractivity contribution in [3.8, 4) is 5.75 Å². The molecule has 2 aliphatic rings. The minimum atomic E-state index is -0.976. The predicted molar refractivity (Wildman–Crippen MR) is 102 cm³/mol. The third-order valence-corrected chi connectivity index (χ3v) is 5.65. The number of hydrogen-bond acceptors (Lipinski definition) is 4. The van der Waals surface area contributed by atoms with Gasteiger partial charge in [-0.15, -0.1) is 0 Å². The molecule has 1 fully saturated rings. The number of piperidine rings is 1. The molecule has 28 heavy (non-hydrogen) atoms. The number of pyridine rings is 1. The van der Waals surface area contributed by atoms with Crippen LogP contribution in [-0.2, 0) is 5.54 Å². The number of rotatable bonds is 2. The predicted octanol–water partition coefficient (Wildman–Crippen LogP) is 2.72. The first-order valence-electron chi connectivity index (χ1n) is 9.60. The number of nitrogens with zero attached hydrogens (tertiary/aromatic N) is 2. The summed E-state index contributed by atoms with van der Waals surface area (Å²) < 4.78 is 20.2. The molecule has 7 heteroatoms. The van der Waals surface area contributed by atoms with Crippen LogP contribution in [0.4, 0.5) is 9.18 Å². The van der Waals surface area contributed by atoms with E-state index in [1.807, 2.05) is 12.1 Å². The van der Waals surface area contributed by atoms with Crippen LogP contribution in [-0.4, -0.2) is 46.8 Å². The number of carbonyl (C=O) groups is 1. The van der Waals surface area contributed by atoms with E-state index in [1.165, 1.54) is 6.07 Å². The summed E-state index contributed by atoms with van der Waals surface area (Å²) in [6.45, 7) is 3.06. The van der Waals surface area contributed by atoms with Gasteiger partial charge in [0.2, 0.25) is 0 Å². The van der Waals surface area contributed by atoms with E-state index in [0.717, 1.165) is 0 Å². The number of urea groups is 1. The van der Waals surface area contributed by atoms with Crippen LogP contribution in [0.5, 0.6) is 5.75 Å². The van der Waals surface area contributed by atoms with Crippen molar-refractivity contribution in [2.75, 3.05) is 19.7 Å². The molecule has 1 aromatic carbocycles. The van der Waals surface area contributed by atoms with Crippen molar-refractivity contribution in [1.82, 2.24) is 15.2 Å². The molecule has 1 atom stereocenters. The van der Waals surface area contributed by atoms with Crippen LogP contribution in [0.2, 0.25) is 0 Å². The second-order valence-corrected chi connectivity index (χ2v) is 7.47. The second kappa shape index (κ2) is 7.39. The Balaban J connectivity index is 1.75. The lowest BCUT2D eigenvalue weighted by Gasteiger charge is -2.41. The van der Waals surface area contributed by atoms with Crippen molar-refractivity contribution in [2.24, 2.45) is 0 Å². The van der Waals surface area contributed by atoms with E-state index in [4.69, 9.17) is 4.74 Å². The number of aryl methyl sites for hydroxylation is 1. The van der Waals surface area contributed by atoms with Crippen molar-refractivity contribution in [3.63, 3.8) is 0 Å². The maximum atomic E-state index is 14.4. The third-order valence-electron chi connectivity index (χ3n) is 5.65. The number of amides is 2. The first-order chi connectivity index (χ1) is 13.5. The van der Waals surface area contributed by atoms with Crippen LogP contribution in [0.15, 0.2) is 36.5 Å². The van der Waals surface area contributed by atoms with E-state index in [2.05, 4.69) is 10.3 Å². The zero-order chi connectivity index (χ0) is 19.7. The number of likely N-dealkylation sites (tertiary alicyclic amines) is 1. The number of carbonyl (C=O) groups excluding carboxylic acids is 1. The summed E-state index contributed by atoms with van der Waals surface area (Å²) >= 11 is 0. The molecule has 1 saturated heterocycles. The van der Waals surface area contributed by atoms with Gasteiger partial charge in [0.1, 0.15) is 22.8 Å². The van der Waals surface area contributed by atoms with Gasteiger partial charge in [-0.1, -0.05) is 12.1 Å². The van der Waals surface area contributed by atoms with Crippen LogP contribution >= 0.6 is 0 Å². The third kappa shape index (κ3) is 3.30. The quantitative estimate of drug-likeness (QED) is 0.834. The molecule has 4 rings (SSSR count). The molecule has 0 aliphatic carbocycles. The smallest absolute Gasteiger partial charge is 0.318 e. The lowest BCUT2D eigenvalue weighted by Crippen LogP contribution is -2.55. The summed E-state index contributed by atoms with van der Waals surface area (Å²) in [5.74, 6) is 0.264. The number of ether oxygens (including phenoxy) is 1. The van der Waals surface area contributed by atoms with Gasteiger partial charge in [-0.25, -0.2) is 9.18 Å². The number of nitrogens with one attached hydrogen (secondary N) is 1. The van der Waals surface area contributed by atoms with Crippen LogP contribution in [0, 0.1) is 12.7 Å². The highest BCUT2D eigenvalue weighted by Gasteiger charge is 2.43. The second-order valence-electron chi connectivity index (χ2n) is 7.47. The number of aliphatic hydroxyl groups excluding tert-OH is 1. The molecule has 6 nitrogen and oxygen atoms in total. The largest absolute Gasteiger partial charge is 0.491 e. The molecule has 2 N–H and O–H groups in total. The number of aliphatic hydroxyl groups is 1. The minimum Gasteiger partial charge on any atom is -0.491 e. The fourth-order valence-electron chi connectivity index (χ4n) is 3.92. The lowest BCUT2D eigenvalue weighted by atomic mass is 9.81. The van der Waals surface area contributed by atoms with Gasteiger partial charge in [-0.3, -0.25) is 4.98 Å². The zero-order valence-electron chi connectivity index (χ0n) is 15.8. The van der Waals surface area contributed by atoms with Crippen molar-refractivity contribution >= 4 is 6.03 Å². The Labute approximate surface area is 163 Å². The fourth-order valence-corrected chi connectivity index (χ4v) is 3.92. The summed E-state index contributed by atoms with van der Waals surface area (Å²) in [6, 6.07) is 8.37. The minimum absolute atomic E-state index is 0.244. The first-order valence-corrected chi connectivity index (χ1v) is 9.60. The Morgan fingerprint density at radius 2 is 2.14 bits per heavy atom. The lowest BCUT2D eigenvalue weighted by molar-refractivity contribution is 0.0897. The molecule has 0 saturated carbocycles. The molecule has 0 spiro atoms. The van der Waals surface area contributed by atoms with E-state index < -0.39 is 5.54 Å². The number of fused-ring (bicyclic) bond motifs is 1. The van der Waals surface area contributed by atoms with E-state index >= 15 is 0 Å². The molecule has 148 valence electrons. The average Bonchev–Trinajstić information content (AvgIpc) is 2.70. The van der Waals surface area contributed by atoms with Gasteiger partial charge in [0.05, 0.1) is 12.7 Å².